The van der Waals surface area contributed by atoms with Gasteiger partial charge in [0.25, 0.3) is 0 Å². The van der Waals surface area contributed by atoms with E-state index in [-0.39, 0.29) is 0 Å². The molecule has 2 nitrogen and oxygen atoms in total. The summed E-state index contributed by atoms with van der Waals surface area (Å²) < 4.78 is 0. The number of rotatable bonds is 3. The molecule has 0 aliphatic carbocycles. The van der Waals surface area contributed by atoms with Crippen molar-refractivity contribution in [2.24, 2.45) is 5.73 Å². The molecular formula is C14H18N2. The molecule has 0 atom stereocenters. The Balaban J connectivity index is 2.59. The van der Waals surface area contributed by atoms with Crippen LogP contribution < -0.4 is 5.73 Å². The highest BCUT2D eigenvalue weighted by Gasteiger charge is 2.06. The van der Waals surface area contributed by atoms with Gasteiger partial charge >= 0.3 is 0 Å². The van der Waals surface area contributed by atoms with Gasteiger partial charge in [0.05, 0.1) is 5.52 Å². The van der Waals surface area contributed by atoms with Crippen molar-refractivity contribution < 1.29 is 0 Å². The maximum atomic E-state index is 5.56. The van der Waals surface area contributed by atoms with Gasteiger partial charge in [0.15, 0.2) is 0 Å². The summed E-state index contributed by atoms with van der Waals surface area (Å²) in [6, 6.07) is 10.6. The zero-order valence-electron chi connectivity index (χ0n) is 9.90. The Labute approximate surface area is 96.5 Å². The molecule has 1 aromatic carbocycles. The van der Waals surface area contributed by atoms with Crippen LogP contribution in [0.4, 0.5) is 0 Å². The lowest BCUT2D eigenvalue weighted by atomic mass is 9.99. The Kier molecular flexibility index (Phi) is 3.20. The molecular weight excluding hydrogens is 196 g/mol. The highest BCUT2D eigenvalue weighted by Crippen LogP contribution is 2.23. The van der Waals surface area contributed by atoms with E-state index in [0.29, 0.717) is 12.5 Å². The number of pyridine rings is 1. The Morgan fingerprint density at radius 3 is 2.69 bits per heavy atom. The average molecular weight is 214 g/mol. The Morgan fingerprint density at radius 1 is 1.19 bits per heavy atom. The van der Waals surface area contributed by atoms with E-state index in [1.54, 1.807) is 0 Å². The summed E-state index contributed by atoms with van der Waals surface area (Å²) in [4.78, 5) is 4.71. The number of nitrogens with zero attached hydrogens (tertiary/aromatic N) is 1. The highest BCUT2D eigenvalue weighted by molar-refractivity contribution is 5.82. The van der Waals surface area contributed by atoms with E-state index in [0.717, 1.165) is 17.6 Å². The predicted molar refractivity (Wildman–Crippen MR) is 68.6 cm³/mol. The minimum Gasteiger partial charge on any atom is -0.330 e. The molecule has 2 aromatic rings. The molecule has 0 amide bonds. The maximum absolute atomic E-state index is 5.56. The molecule has 0 aliphatic rings. The van der Waals surface area contributed by atoms with Crippen LogP contribution >= 0.6 is 0 Å². The van der Waals surface area contributed by atoms with Gasteiger partial charge in [0.2, 0.25) is 0 Å². The van der Waals surface area contributed by atoms with Crippen LogP contribution in [0, 0.1) is 0 Å². The van der Waals surface area contributed by atoms with Crippen LogP contribution in [0.1, 0.15) is 31.0 Å². The quantitative estimate of drug-likeness (QED) is 0.853. The maximum Gasteiger partial charge on any atom is 0.0739 e. The number of aromatic nitrogens is 1. The van der Waals surface area contributed by atoms with E-state index in [2.05, 4.69) is 44.2 Å². The summed E-state index contributed by atoms with van der Waals surface area (Å²) >= 11 is 0. The number of para-hydroxylation sites is 1. The molecule has 0 unspecified atom stereocenters. The second kappa shape index (κ2) is 4.62. The van der Waals surface area contributed by atoms with Crippen molar-refractivity contribution in [2.45, 2.75) is 26.2 Å². The number of hydrogen-bond donors (Lipinski definition) is 1. The Hall–Kier alpha value is -1.41. The Morgan fingerprint density at radius 2 is 2.00 bits per heavy atom. The zero-order chi connectivity index (χ0) is 11.5. The van der Waals surface area contributed by atoms with E-state index >= 15 is 0 Å². The van der Waals surface area contributed by atoms with Gasteiger partial charge in [0, 0.05) is 17.5 Å². The predicted octanol–water partition coefficient (Wildman–Crippen LogP) is 2.86. The number of benzene rings is 1. The monoisotopic (exact) mass is 214 g/mol. The molecule has 2 N–H and O–H groups in total. The van der Waals surface area contributed by atoms with Crippen molar-refractivity contribution in [1.82, 2.24) is 4.98 Å². The van der Waals surface area contributed by atoms with Crippen molar-refractivity contribution in [1.29, 1.82) is 0 Å². The van der Waals surface area contributed by atoms with Gasteiger partial charge in [0.1, 0.15) is 0 Å². The first-order valence-electron chi connectivity index (χ1n) is 5.81. The van der Waals surface area contributed by atoms with E-state index < -0.39 is 0 Å². The van der Waals surface area contributed by atoms with E-state index in [1.807, 2.05) is 0 Å². The fourth-order valence-corrected chi connectivity index (χ4v) is 1.96. The summed E-state index contributed by atoms with van der Waals surface area (Å²) in [5.74, 6) is 0.504. The minimum absolute atomic E-state index is 0.504. The van der Waals surface area contributed by atoms with Crippen LogP contribution in [-0.2, 0) is 6.42 Å². The lowest BCUT2D eigenvalue weighted by Gasteiger charge is -2.10. The molecule has 2 rings (SSSR count). The average Bonchev–Trinajstić information content (AvgIpc) is 2.28. The van der Waals surface area contributed by atoms with E-state index in [9.17, 15) is 0 Å². The minimum atomic E-state index is 0.504. The molecule has 0 aliphatic heterocycles. The highest BCUT2D eigenvalue weighted by atomic mass is 14.7. The number of nitrogens with two attached hydrogens (primary N) is 1. The first-order valence-corrected chi connectivity index (χ1v) is 5.81. The standard InChI is InChI=1S/C14H18N2/c1-10(2)13-5-3-4-11-6-7-12(8-9-15)16-14(11)13/h3-7,10H,8-9,15H2,1-2H3. The Bertz CT molecular complexity index is 489. The van der Waals surface area contributed by atoms with E-state index in [4.69, 9.17) is 10.7 Å². The summed E-state index contributed by atoms with van der Waals surface area (Å²) in [5, 5.41) is 1.21. The summed E-state index contributed by atoms with van der Waals surface area (Å²) in [6.07, 6.45) is 0.850. The molecule has 0 bridgehead atoms. The summed E-state index contributed by atoms with van der Waals surface area (Å²) in [5.41, 5.74) is 9.09. The first kappa shape index (κ1) is 11.1. The SMILES string of the molecule is CC(C)c1cccc2ccc(CCN)nc12. The lowest BCUT2D eigenvalue weighted by molar-refractivity contribution is 0.868. The van der Waals surface area contributed by atoms with Gasteiger partial charge in [-0.1, -0.05) is 38.1 Å². The molecule has 0 fully saturated rings. The van der Waals surface area contributed by atoms with Gasteiger partial charge in [-0.05, 0) is 24.1 Å². The van der Waals surface area contributed by atoms with Crippen molar-refractivity contribution in [3.8, 4) is 0 Å². The molecule has 16 heavy (non-hydrogen) atoms. The lowest BCUT2D eigenvalue weighted by Crippen LogP contribution is -2.04. The largest absolute Gasteiger partial charge is 0.330 e. The van der Waals surface area contributed by atoms with Crippen molar-refractivity contribution in [2.75, 3.05) is 6.54 Å². The molecule has 0 spiro atoms. The smallest absolute Gasteiger partial charge is 0.0739 e. The van der Waals surface area contributed by atoms with Gasteiger partial charge in [-0.25, -0.2) is 0 Å². The normalized spacial score (nSPS) is 11.2. The topological polar surface area (TPSA) is 38.9 Å². The summed E-state index contributed by atoms with van der Waals surface area (Å²) in [6.45, 7) is 5.06. The van der Waals surface area contributed by atoms with E-state index in [1.165, 1.54) is 10.9 Å². The van der Waals surface area contributed by atoms with Crippen LogP contribution in [0.2, 0.25) is 0 Å². The van der Waals surface area contributed by atoms with Crippen LogP contribution in [0.5, 0.6) is 0 Å². The molecule has 1 heterocycles. The van der Waals surface area contributed by atoms with Crippen molar-refractivity contribution in [3.63, 3.8) is 0 Å². The molecule has 0 radical (unpaired) electrons. The number of hydrogen-bond acceptors (Lipinski definition) is 2. The molecule has 84 valence electrons. The first-order chi connectivity index (χ1) is 7.72. The fourth-order valence-electron chi connectivity index (χ4n) is 1.96. The van der Waals surface area contributed by atoms with Gasteiger partial charge in [-0.2, -0.15) is 0 Å². The molecule has 0 saturated carbocycles. The van der Waals surface area contributed by atoms with Crippen molar-refractivity contribution >= 4 is 10.9 Å². The zero-order valence-corrected chi connectivity index (χ0v) is 9.90. The second-order valence-corrected chi connectivity index (χ2v) is 4.41. The van der Waals surface area contributed by atoms with Crippen LogP contribution in [0.15, 0.2) is 30.3 Å². The third kappa shape index (κ3) is 2.07. The molecule has 0 saturated heterocycles. The third-order valence-electron chi connectivity index (χ3n) is 2.83. The number of fused-ring (bicyclic) bond motifs is 1. The summed E-state index contributed by atoms with van der Waals surface area (Å²) in [7, 11) is 0. The van der Waals surface area contributed by atoms with Crippen LogP contribution in [0.3, 0.4) is 0 Å². The van der Waals surface area contributed by atoms with Gasteiger partial charge in [-0.15, -0.1) is 0 Å². The third-order valence-corrected chi connectivity index (χ3v) is 2.83. The van der Waals surface area contributed by atoms with Crippen LogP contribution in [-0.4, -0.2) is 11.5 Å². The fraction of sp³-hybridized carbons (Fsp3) is 0.357. The van der Waals surface area contributed by atoms with Gasteiger partial charge < -0.3 is 5.73 Å². The van der Waals surface area contributed by atoms with Gasteiger partial charge in [-0.3, -0.25) is 4.98 Å². The molecule has 1 aromatic heterocycles. The molecule has 2 heteroatoms. The second-order valence-electron chi connectivity index (χ2n) is 4.41. The van der Waals surface area contributed by atoms with Crippen LogP contribution in [0.25, 0.3) is 10.9 Å². The van der Waals surface area contributed by atoms with Crippen molar-refractivity contribution in [3.05, 3.63) is 41.6 Å².